The molecule has 17 heavy (non-hydrogen) atoms. The summed E-state index contributed by atoms with van der Waals surface area (Å²) >= 11 is 4.93. The molecule has 1 aromatic carbocycles. The van der Waals surface area contributed by atoms with Crippen LogP contribution in [0.15, 0.2) is 28.1 Å². The predicted molar refractivity (Wildman–Crippen MR) is 71.9 cm³/mol. The van der Waals surface area contributed by atoms with Gasteiger partial charge in [-0.15, -0.1) is 11.3 Å². The third kappa shape index (κ3) is 2.98. The third-order valence-electron chi connectivity index (χ3n) is 2.32. The Kier molecular flexibility index (Phi) is 3.69. The Morgan fingerprint density at radius 1 is 1.41 bits per heavy atom. The molecule has 0 spiro atoms. The number of halogens is 2. The minimum atomic E-state index is -0.427. The molecule has 0 radical (unpaired) electrons. The summed E-state index contributed by atoms with van der Waals surface area (Å²) in [5.74, 6) is -0.190. The molecule has 5 heteroatoms. The number of ether oxygens (including phenoxy) is 1. The lowest BCUT2D eigenvalue weighted by atomic mass is 10.2. The van der Waals surface area contributed by atoms with Crippen molar-refractivity contribution in [2.75, 3.05) is 5.73 Å². The van der Waals surface area contributed by atoms with Crippen molar-refractivity contribution >= 4 is 33.0 Å². The van der Waals surface area contributed by atoms with E-state index in [9.17, 15) is 4.39 Å². The molecular weight excluding hydrogens is 305 g/mol. The van der Waals surface area contributed by atoms with Crippen molar-refractivity contribution in [2.24, 2.45) is 0 Å². The fourth-order valence-corrected chi connectivity index (χ4v) is 2.76. The Labute approximate surface area is 111 Å². The molecule has 0 aliphatic heterocycles. The van der Waals surface area contributed by atoms with Crippen molar-refractivity contribution in [3.05, 3.63) is 44.3 Å². The van der Waals surface area contributed by atoms with Gasteiger partial charge in [-0.1, -0.05) is 0 Å². The Morgan fingerprint density at radius 3 is 2.82 bits per heavy atom. The zero-order valence-corrected chi connectivity index (χ0v) is 11.6. The van der Waals surface area contributed by atoms with Crippen molar-refractivity contribution in [1.29, 1.82) is 0 Å². The zero-order chi connectivity index (χ0) is 12.4. The summed E-state index contributed by atoms with van der Waals surface area (Å²) in [6.07, 6.45) is 0. The van der Waals surface area contributed by atoms with Crippen LogP contribution in [0.4, 0.5) is 10.1 Å². The standard InChI is InChI=1S/C12H11BrFNOS/c1-7-4-11(9(14)5-10(7)15)16-6-8-2-3-12(13)17-8/h2-5H,6,15H2,1H3. The predicted octanol–water partition coefficient (Wildman–Crippen LogP) is 4.12. The molecular formula is C12H11BrFNOS. The molecule has 0 amide bonds. The van der Waals surface area contributed by atoms with E-state index in [4.69, 9.17) is 10.5 Å². The van der Waals surface area contributed by atoms with Gasteiger partial charge in [0, 0.05) is 16.6 Å². The van der Waals surface area contributed by atoms with Gasteiger partial charge in [0.25, 0.3) is 0 Å². The largest absolute Gasteiger partial charge is 0.485 e. The smallest absolute Gasteiger partial charge is 0.167 e. The van der Waals surface area contributed by atoms with Crippen LogP contribution in [0.25, 0.3) is 0 Å². The molecule has 90 valence electrons. The number of hydrogen-bond donors (Lipinski definition) is 1. The molecule has 1 aromatic heterocycles. The van der Waals surface area contributed by atoms with Gasteiger partial charge in [-0.2, -0.15) is 0 Å². The monoisotopic (exact) mass is 315 g/mol. The van der Waals surface area contributed by atoms with Crippen LogP contribution >= 0.6 is 27.3 Å². The fraction of sp³-hybridized carbons (Fsp3) is 0.167. The summed E-state index contributed by atoms with van der Waals surface area (Å²) in [6.45, 7) is 2.18. The number of aryl methyl sites for hydroxylation is 1. The normalized spacial score (nSPS) is 10.5. The lowest BCUT2D eigenvalue weighted by Gasteiger charge is -2.08. The summed E-state index contributed by atoms with van der Waals surface area (Å²) in [5.41, 5.74) is 6.85. The van der Waals surface area contributed by atoms with E-state index < -0.39 is 5.82 Å². The summed E-state index contributed by atoms with van der Waals surface area (Å²) in [4.78, 5) is 1.03. The molecule has 2 N–H and O–H groups in total. The van der Waals surface area contributed by atoms with Crippen molar-refractivity contribution in [1.82, 2.24) is 0 Å². The third-order valence-corrected chi connectivity index (χ3v) is 3.92. The van der Waals surface area contributed by atoms with Gasteiger partial charge in [-0.3, -0.25) is 0 Å². The molecule has 1 heterocycles. The summed E-state index contributed by atoms with van der Waals surface area (Å²) in [5, 5.41) is 0. The van der Waals surface area contributed by atoms with E-state index in [1.165, 1.54) is 6.07 Å². The SMILES string of the molecule is Cc1cc(OCc2ccc(Br)s2)c(F)cc1N. The molecule has 2 rings (SSSR count). The van der Waals surface area contributed by atoms with Crippen molar-refractivity contribution in [3.8, 4) is 5.75 Å². The van der Waals surface area contributed by atoms with Crippen LogP contribution in [0, 0.1) is 12.7 Å². The van der Waals surface area contributed by atoms with E-state index >= 15 is 0 Å². The first kappa shape index (κ1) is 12.4. The second-order valence-corrected chi connectivity index (χ2v) is 6.18. The molecule has 0 saturated carbocycles. The summed E-state index contributed by atoms with van der Waals surface area (Å²) < 4.78 is 20.0. The van der Waals surface area contributed by atoms with E-state index in [0.717, 1.165) is 14.2 Å². The Bertz CT molecular complexity index is 541. The Hall–Kier alpha value is -1.07. The average molecular weight is 316 g/mol. The second-order valence-electron chi connectivity index (χ2n) is 3.63. The quantitative estimate of drug-likeness (QED) is 0.865. The lowest BCUT2D eigenvalue weighted by molar-refractivity contribution is 0.293. The average Bonchev–Trinajstić information content (AvgIpc) is 2.68. The number of benzene rings is 1. The first-order chi connectivity index (χ1) is 8.06. The van der Waals surface area contributed by atoms with E-state index in [1.807, 2.05) is 19.1 Å². The molecule has 2 nitrogen and oxygen atoms in total. The topological polar surface area (TPSA) is 35.2 Å². The number of anilines is 1. The van der Waals surface area contributed by atoms with Crippen molar-refractivity contribution in [3.63, 3.8) is 0 Å². The van der Waals surface area contributed by atoms with Crippen LogP contribution in [0.3, 0.4) is 0 Å². The number of hydrogen-bond acceptors (Lipinski definition) is 3. The number of thiophene rings is 1. The molecule has 0 aliphatic carbocycles. The summed E-state index contributed by atoms with van der Waals surface area (Å²) in [6, 6.07) is 6.78. The van der Waals surface area contributed by atoms with Gasteiger partial charge in [0.2, 0.25) is 0 Å². The maximum absolute atomic E-state index is 13.5. The highest BCUT2D eigenvalue weighted by molar-refractivity contribution is 9.11. The van der Waals surface area contributed by atoms with Gasteiger partial charge in [0.15, 0.2) is 11.6 Å². The van der Waals surface area contributed by atoms with Crippen LogP contribution in [0.5, 0.6) is 5.75 Å². The Morgan fingerprint density at radius 2 is 2.18 bits per heavy atom. The van der Waals surface area contributed by atoms with E-state index in [0.29, 0.717) is 12.3 Å². The van der Waals surface area contributed by atoms with Crippen molar-refractivity contribution in [2.45, 2.75) is 13.5 Å². The zero-order valence-electron chi connectivity index (χ0n) is 9.17. The van der Waals surface area contributed by atoms with Crippen LogP contribution in [0.1, 0.15) is 10.4 Å². The van der Waals surface area contributed by atoms with E-state index in [1.54, 1.807) is 17.4 Å². The van der Waals surface area contributed by atoms with Gasteiger partial charge in [0.05, 0.1) is 3.79 Å². The van der Waals surface area contributed by atoms with Gasteiger partial charge in [-0.05, 0) is 46.6 Å². The molecule has 0 bridgehead atoms. The number of nitrogens with two attached hydrogens (primary N) is 1. The minimum Gasteiger partial charge on any atom is -0.485 e. The van der Waals surface area contributed by atoms with Gasteiger partial charge >= 0.3 is 0 Å². The van der Waals surface area contributed by atoms with Gasteiger partial charge < -0.3 is 10.5 Å². The molecule has 0 unspecified atom stereocenters. The molecule has 0 atom stereocenters. The summed E-state index contributed by atoms with van der Waals surface area (Å²) in [7, 11) is 0. The fourth-order valence-electron chi connectivity index (χ4n) is 1.36. The van der Waals surface area contributed by atoms with Crippen LogP contribution in [-0.2, 0) is 6.61 Å². The van der Waals surface area contributed by atoms with Gasteiger partial charge in [0.1, 0.15) is 6.61 Å². The van der Waals surface area contributed by atoms with Crippen LogP contribution < -0.4 is 10.5 Å². The van der Waals surface area contributed by atoms with Crippen molar-refractivity contribution < 1.29 is 9.13 Å². The first-order valence-electron chi connectivity index (χ1n) is 4.99. The maximum Gasteiger partial charge on any atom is 0.167 e. The molecule has 0 fully saturated rings. The maximum atomic E-state index is 13.5. The highest BCUT2D eigenvalue weighted by atomic mass is 79.9. The number of nitrogen functional groups attached to an aromatic ring is 1. The molecule has 2 aromatic rings. The lowest BCUT2D eigenvalue weighted by Crippen LogP contribution is -1.98. The van der Waals surface area contributed by atoms with E-state index in [2.05, 4.69) is 15.9 Å². The highest BCUT2D eigenvalue weighted by Crippen LogP contribution is 2.26. The van der Waals surface area contributed by atoms with Crippen LogP contribution in [0.2, 0.25) is 0 Å². The Balaban J connectivity index is 2.11. The van der Waals surface area contributed by atoms with Crippen LogP contribution in [-0.4, -0.2) is 0 Å². The molecule has 0 aliphatic rings. The molecule has 0 saturated heterocycles. The highest BCUT2D eigenvalue weighted by Gasteiger charge is 2.07. The minimum absolute atomic E-state index is 0.237. The number of rotatable bonds is 3. The first-order valence-corrected chi connectivity index (χ1v) is 6.60. The van der Waals surface area contributed by atoms with Gasteiger partial charge in [-0.25, -0.2) is 4.39 Å². The second kappa shape index (κ2) is 5.06. The van der Waals surface area contributed by atoms with E-state index in [-0.39, 0.29) is 5.75 Å².